The monoisotopic (exact) mass is 341 g/mol. The van der Waals surface area contributed by atoms with E-state index in [-0.39, 0.29) is 11.7 Å². The van der Waals surface area contributed by atoms with Crippen molar-refractivity contribution in [3.63, 3.8) is 0 Å². The van der Waals surface area contributed by atoms with Crippen LogP contribution in [0.4, 0.5) is 5.69 Å². The van der Waals surface area contributed by atoms with Crippen LogP contribution in [-0.4, -0.2) is 34.8 Å². The second-order valence-electron chi connectivity index (χ2n) is 6.92. The second-order valence-corrected chi connectivity index (χ2v) is 6.92. The summed E-state index contributed by atoms with van der Waals surface area (Å²) in [6.07, 6.45) is 2.37. The van der Waals surface area contributed by atoms with Gasteiger partial charge in [0.2, 0.25) is 5.76 Å². The van der Waals surface area contributed by atoms with E-state index in [9.17, 15) is 9.59 Å². The molecule has 1 N–H and O–H groups in total. The lowest BCUT2D eigenvalue weighted by Crippen LogP contribution is -2.42. The molecule has 0 radical (unpaired) electrons. The number of nitrogens with one attached hydrogen (secondary N) is 1. The molecule has 6 nitrogen and oxygen atoms in total. The van der Waals surface area contributed by atoms with Crippen LogP contribution in [0.1, 0.15) is 46.9 Å². The van der Waals surface area contributed by atoms with Crippen LogP contribution >= 0.6 is 0 Å². The molecule has 2 amide bonds. The molecule has 6 heteroatoms. The van der Waals surface area contributed by atoms with Gasteiger partial charge in [-0.15, -0.1) is 0 Å². The third kappa shape index (κ3) is 3.73. The minimum Gasteiger partial charge on any atom is -0.438 e. The van der Waals surface area contributed by atoms with Crippen molar-refractivity contribution in [3.8, 4) is 0 Å². The molecule has 0 bridgehead atoms. The fourth-order valence-electron chi connectivity index (χ4n) is 3.48. The topological polar surface area (TPSA) is 75.4 Å². The highest BCUT2D eigenvalue weighted by Gasteiger charge is 2.27. The molecule has 1 aromatic heterocycles. The number of aryl methyl sites for hydroxylation is 1. The predicted octanol–water partition coefficient (Wildman–Crippen LogP) is 3.35. The number of aromatic nitrogens is 1. The summed E-state index contributed by atoms with van der Waals surface area (Å²) in [6.45, 7) is 7.51. The van der Waals surface area contributed by atoms with Gasteiger partial charge in [0.25, 0.3) is 11.8 Å². The first kappa shape index (κ1) is 17.2. The number of amides is 2. The molecule has 1 aromatic carbocycles. The number of nitrogens with zero attached hydrogens (tertiary/aromatic N) is 2. The molecule has 1 fully saturated rings. The van der Waals surface area contributed by atoms with Gasteiger partial charge in [-0.2, -0.15) is 0 Å². The van der Waals surface area contributed by atoms with Crippen LogP contribution in [0.15, 0.2) is 35.1 Å². The van der Waals surface area contributed by atoms with Crippen LogP contribution in [0.3, 0.4) is 0 Å². The number of hydrogen-bond acceptors (Lipinski definition) is 4. The fraction of sp³-hybridized carbons (Fsp3) is 0.421. The van der Waals surface area contributed by atoms with Crippen molar-refractivity contribution in [2.75, 3.05) is 18.4 Å². The average Bonchev–Trinajstić information content (AvgIpc) is 3.00. The lowest BCUT2D eigenvalue weighted by Gasteiger charge is -2.35. The average molecular weight is 341 g/mol. The quantitative estimate of drug-likeness (QED) is 0.929. The molecule has 2 atom stereocenters. The summed E-state index contributed by atoms with van der Waals surface area (Å²) in [4.78, 5) is 31.2. The molecular weight excluding hydrogens is 318 g/mol. The molecular formula is C19H23N3O3. The number of hydrogen-bond donors (Lipinski definition) is 1. The van der Waals surface area contributed by atoms with Crippen LogP contribution < -0.4 is 5.32 Å². The Balaban J connectivity index is 1.82. The number of likely N-dealkylation sites (tertiary alicyclic amines) is 1. The summed E-state index contributed by atoms with van der Waals surface area (Å²) >= 11 is 0. The highest BCUT2D eigenvalue weighted by Crippen LogP contribution is 2.25. The summed E-state index contributed by atoms with van der Waals surface area (Å²) in [5.41, 5.74) is 1.49. The maximum Gasteiger partial charge on any atom is 0.293 e. The summed E-state index contributed by atoms with van der Waals surface area (Å²) < 4.78 is 5.12. The number of carbonyl (C=O) groups is 2. The van der Waals surface area contributed by atoms with Crippen molar-refractivity contribution in [3.05, 3.63) is 47.7 Å². The Labute approximate surface area is 147 Å². The highest BCUT2D eigenvalue weighted by molar-refractivity contribution is 6.08. The summed E-state index contributed by atoms with van der Waals surface area (Å²) in [5, 5.41) is 2.78. The highest BCUT2D eigenvalue weighted by atomic mass is 16.3. The van der Waals surface area contributed by atoms with E-state index in [2.05, 4.69) is 24.1 Å². The molecule has 0 saturated carbocycles. The zero-order valence-electron chi connectivity index (χ0n) is 14.8. The second kappa shape index (κ2) is 7.09. The molecule has 132 valence electrons. The number of anilines is 1. The minimum absolute atomic E-state index is 0.0522. The van der Waals surface area contributed by atoms with E-state index in [0.29, 0.717) is 28.8 Å². The minimum atomic E-state index is -0.407. The molecule has 0 aliphatic carbocycles. The lowest BCUT2D eigenvalue weighted by atomic mass is 9.91. The molecule has 0 spiro atoms. The smallest absolute Gasteiger partial charge is 0.293 e. The van der Waals surface area contributed by atoms with E-state index >= 15 is 0 Å². The fourth-order valence-corrected chi connectivity index (χ4v) is 3.48. The van der Waals surface area contributed by atoms with Crippen LogP contribution in [0, 0.1) is 18.8 Å². The first-order valence-corrected chi connectivity index (χ1v) is 8.55. The Morgan fingerprint density at radius 3 is 2.52 bits per heavy atom. The van der Waals surface area contributed by atoms with Crippen LogP contribution in [0.2, 0.25) is 0 Å². The van der Waals surface area contributed by atoms with E-state index in [1.54, 1.807) is 31.2 Å². The van der Waals surface area contributed by atoms with E-state index in [1.807, 2.05) is 4.90 Å². The number of benzene rings is 1. The zero-order chi connectivity index (χ0) is 18.0. The SMILES string of the molecule is Cc1ncoc1C(=O)Nc1ccccc1C(=O)N1C[C@H](C)C[C@@H](C)C1. The van der Waals surface area contributed by atoms with E-state index in [0.717, 1.165) is 19.5 Å². The summed E-state index contributed by atoms with van der Waals surface area (Å²) in [7, 11) is 0. The number of carbonyl (C=O) groups excluding carboxylic acids is 2. The Kier molecular flexibility index (Phi) is 4.88. The molecule has 2 heterocycles. The van der Waals surface area contributed by atoms with Gasteiger partial charge in [-0.1, -0.05) is 26.0 Å². The van der Waals surface area contributed by atoms with Gasteiger partial charge in [0.05, 0.1) is 16.9 Å². The molecule has 1 aliphatic heterocycles. The summed E-state index contributed by atoms with van der Waals surface area (Å²) in [6, 6.07) is 7.07. The molecule has 1 saturated heterocycles. The van der Waals surface area contributed by atoms with Crippen molar-refractivity contribution in [1.29, 1.82) is 0 Å². The van der Waals surface area contributed by atoms with Gasteiger partial charge >= 0.3 is 0 Å². The molecule has 3 rings (SSSR count). The molecule has 25 heavy (non-hydrogen) atoms. The van der Waals surface area contributed by atoms with Crippen molar-refractivity contribution in [2.45, 2.75) is 27.2 Å². The number of oxazole rings is 1. The Morgan fingerprint density at radius 2 is 1.88 bits per heavy atom. The predicted molar refractivity (Wildman–Crippen MR) is 94.5 cm³/mol. The van der Waals surface area contributed by atoms with Gasteiger partial charge in [0.1, 0.15) is 0 Å². The normalized spacial score (nSPS) is 20.4. The van der Waals surface area contributed by atoms with Crippen molar-refractivity contribution in [1.82, 2.24) is 9.88 Å². The van der Waals surface area contributed by atoms with Crippen LogP contribution in [-0.2, 0) is 0 Å². The first-order chi connectivity index (χ1) is 12.0. The maximum absolute atomic E-state index is 13.0. The summed E-state index contributed by atoms with van der Waals surface area (Å²) in [5.74, 6) is 0.652. The third-order valence-electron chi connectivity index (χ3n) is 4.51. The standard InChI is InChI=1S/C19H23N3O3/c1-12-8-13(2)10-22(9-12)19(24)15-6-4-5-7-16(15)21-18(23)17-14(3)20-11-25-17/h4-7,11-13H,8-10H2,1-3H3,(H,21,23)/t12-,13-/m1/s1. The Bertz CT molecular complexity index is 774. The first-order valence-electron chi connectivity index (χ1n) is 8.55. The molecule has 0 unspecified atom stereocenters. The van der Waals surface area contributed by atoms with Gasteiger partial charge in [-0.3, -0.25) is 9.59 Å². The van der Waals surface area contributed by atoms with Crippen molar-refractivity contribution < 1.29 is 14.0 Å². The van der Waals surface area contributed by atoms with Crippen LogP contribution in [0.5, 0.6) is 0 Å². The van der Waals surface area contributed by atoms with Gasteiger partial charge in [0, 0.05) is 13.1 Å². The van der Waals surface area contributed by atoms with Gasteiger partial charge < -0.3 is 14.6 Å². The van der Waals surface area contributed by atoms with Gasteiger partial charge in [0.15, 0.2) is 6.39 Å². The Hall–Kier alpha value is -2.63. The van der Waals surface area contributed by atoms with E-state index in [4.69, 9.17) is 4.42 Å². The third-order valence-corrected chi connectivity index (χ3v) is 4.51. The van der Waals surface area contributed by atoms with Gasteiger partial charge in [-0.05, 0) is 37.3 Å². The maximum atomic E-state index is 13.0. The lowest BCUT2D eigenvalue weighted by molar-refractivity contribution is 0.0624. The largest absolute Gasteiger partial charge is 0.438 e. The number of para-hydroxylation sites is 1. The van der Waals surface area contributed by atoms with Crippen LogP contribution in [0.25, 0.3) is 0 Å². The number of piperidine rings is 1. The molecule has 2 aromatic rings. The zero-order valence-corrected chi connectivity index (χ0v) is 14.8. The Morgan fingerprint density at radius 1 is 1.20 bits per heavy atom. The molecule has 1 aliphatic rings. The van der Waals surface area contributed by atoms with E-state index in [1.165, 1.54) is 6.39 Å². The van der Waals surface area contributed by atoms with E-state index < -0.39 is 5.91 Å². The number of rotatable bonds is 3. The van der Waals surface area contributed by atoms with Crippen molar-refractivity contribution >= 4 is 17.5 Å². The van der Waals surface area contributed by atoms with Crippen molar-refractivity contribution in [2.24, 2.45) is 11.8 Å². The van der Waals surface area contributed by atoms with Gasteiger partial charge in [-0.25, -0.2) is 4.98 Å².